The third-order valence-electron chi connectivity index (χ3n) is 11.1. The average molecular weight is 758 g/mol. The van der Waals surface area contributed by atoms with E-state index in [2.05, 4.69) is 43.5 Å². The van der Waals surface area contributed by atoms with Crippen molar-refractivity contribution < 1.29 is 15.0 Å². The van der Waals surface area contributed by atoms with E-state index in [0.29, 0.717) is 6.42 Å². The zero-order valence-electron chi connectivity index (χ0n) is 36.5. The molecule has 0 saturated carbocycles. The highest BCUT2D eigenvalue weighted by Gasteiger charge is 2.17. The van der Waals surface area contributed by atoms with Gasteiger partial charge in [-0.15, -0.1) is 0 Å². The summed E-state index contributed by atoms with van der Waals surface area (Å²) in [6.07, 6.45) is 61.3. The monoisotopic (exact) mass is 758 g/mol. The second-order valence-corrected chi connectivity index (χ2v) is 16.5. The van der Waals surface area contributed by atoms with Crippen LogP contribution < -0.4 is 5.32 Å². The number of aliphatic hydroxyl groups excluding tert-OH is 2. The van der Waals surface area contributed by atoms with E-state index in [1.807, 2.05) is 6.08 Å². The summed E-state index contributed by atoms with van der Waals surface area (Å²) in [5, 5.41) is 23.0. The summed E-state index contributed by atoms with van der Waals surface area (Å²) >= 11 is 0. The van der Waals surface area contributed by atoms with Gasteiger partial charge in [0.2, 0.25) is 5.91 Å². The molecule has 0 spiro atoms. The molecule has 0 aromatic carbocycles. The molecule has 0 aliphatic carbocycles. The Bertz CT molecular complexity index is 821. The summed E-state index contributed by atoms with van der Waals surface area (Å²) in [7, 11) is 0. The van der Waals surface area contributed by atoms with Crippen LogP contribution in [0.4, 0.5) is 0 Å². The van der Waals surface area contributed by atoms with Crippen molar-refractivity contribution in [3.8, 4) is 0 Å². The van der Waals surface area contributed by atoms with E-state index in [1.54, 1.807) is 6.08 Å². The number of nitrogens with one attached hydrogen (secondary N) is 1. The van der Waals surface area contributed by atoms with Gasteiger partial charge < -0.3 is 15.5 Å². The summed E-state index contributed by atoms with van der Waals surface area (Å²) in [6.45, 7) is 4.31. The predicted molar refractivity (Wildman–Crippen MR) is 239 cm³/mol. The average Bonchev–Trinajstić information content (AvgIpc) is 3.18. The molecule has 0 radical (unpaired) electrons. The van der Waals surface area contributed by atoms with Crippen molar-refractivity contribution >= 4 is 5.91 Å². The minimum atomic E-state index is -0.862. The number of carbonyl (C=O) groups excluding carboxylic acids is 1. The van der Waals surface area contributed by atoms with Crippen LogP contribution in [0.3, 0.4) is 0 Å². The van der Waals surface area contributed by atoms with Gasteiger partial charge in [0.15, 0.2) is 0 Å². The number of hydrogen-bond donors (Lipinski definition) is 3. The van der Waals surface area contributed by atoms with Crippen LogP contribution in [0, 0.1) is 0 Å². The molecule has 4 heteroatoms. The highest BCUT2D eigenvalue weighted by molar-refractivity contribution is 5.76. The summed E-state index contributed by atoms with van der Waals surface area (Å²) < 4.78 is 0. The number of rotatable bonds is 44. The standard InChI is InChI=1S/C50H95NO3/c1-3-5-7-9-11-13-15-17-19-21-23-24-25-26-27-28-30-32-34-36-38-40-42-44-46-50(54)51-48(47-52)49(53)45-43-41-39-37-35-33-31-29-22-20-18-16-14-12-10-8-6-4-2/h26-27,35,37,43,45,48-49,52-53H,3-25,28-34,36,38-42,44,46-47H2,1-2H3,(H,51,54)/b27-26-,37-35+,45-43+. The molecule has 0 bridgehead atoms. The Balaban J connectivity index is 3.56. The lowest BCUT2D eigenvalue weighted by Gasteiger charge is -2.19. The van der Waals surface area contributed by atoms with Crippen LogP contribution in [0.2, 0.25) is 0 Å². The minimum absolute atomic E-state index is 0.0749. The van der Waals surface area contributed by atoms with Gasteiger partial charge in [0.05, 0.1) is 18.8 Å². The molecule has 2 atom stereocenters. The van der Waals surface area contributed by atoms with Crippen LogP contribution in [0.15, 0.2) is 36.5 Å². The van der Waals surface area contributed by atoms with Gasteiger partial charge in [-0.05, 0) is 57.8 Å². The Kier molecular flexibility index (Phi) is 44.8. The SMILES string of the molecule is CCCCCCCCCCCCCC/C=C\CCCCCCCCCCC(=O)NC(CO)C(O)/C=C/CC/C=C/CCCCCCCCCCCCCC. The Labute approximate surface area is 338 Å². The van der Waals surface area contributed by atoms with E-state index in [0.717, 1.165) is 32.1 Å². The van der Waals surface area contributed by atoms with Crippen LogP contribution in [-0.4, -0.2) is 34.9 Å². The fourth-order valence-corrected chi connectivity index (χ4v) is 7.37. The van der Waals surface area contributed by atoms with Crippen molar-refractivity contribution in [3.05, 3.63) is 36.5 Å². The number of hydrogen-bond acceptors (Lipinski definition) is 3. The second-order valence-electron chi connectivity index (χ2n) is 16.5. The lowest BCUT2D eigenvalue weighted by atomic mass is 10.0. The number of carbonyl (C=O) groups is 1. The van der Waals surface area contributed by atoms with Gasteiger partial charge in [-0.2, -0.15) is 0 Å². The molecular weight excluding hydrogens is 663 g/mol. The molecule has 318 valence electrons. The van der Waals surface area contributed by atoms with E-state index >= 15 is 0 Å². The van der Waals surface area contributed by atoms with Crippen LogP contribution in [0.25, 0.3) is 0 Å². The molecule has 2 unspecified atom stereocenters. The number of amides is 1. The molecule has 3 N–H and O–H groups in total. The van der Waals surface area contributed by atoms with Crippen LogP contribution in [0.1, 0.15) is 258 Å². The van der Waals surface area contributed by atoms with Crippen LogP contribution in [-0.2, 0) is 4.79 Å². The quantitative estimate of drug-likeness (QED) is 0.0428. The summed E-state index contributed by atoms with van der Waals surface area (Å²) in [4.78, 5) is 12.4. The normalized spacial score (nSPS) is 13.2. The van der Waals surface area contributed by atoms with E-state index in [-0.39, 0.29) is 12.5 Å². The Hall–Kier alpha value is -1.39. The first-order chi connectivity index (χ1) is 26.7. The van der Waals surface area contributed by atoms with Crippen molar-refractivity contribution in [2.24, 2.45) is 0 Å². The molecule has 0 saturated heterocycles. The largest absolute Gasteiger partial charge is 0.394 e. The fraction of sp³-hybridized carbons (Fsp3) is 0.860. The van der Waals surface area contributed by atoms with E-state index in [9.17, 15) is 15.0 Å². The molecule has 54 heavy (non-hydrogen) atoms. The molecule has 4 nitrogen and oxygen atoms in total. The number of unbranched alkanes of at least 4 members (excludes halogenated alkanes) is 33. The highest BCUT2D eigenvalue weighted by Crippen LogP contribution is 2.15. The van der Waals surface area contributed by atoms with Gasteiger partial charge in [-0.1, -0.05) is 230 Å². The van der Waals surface area contributed by atoms with Crippen molar-refractivity contribution in [2.75, 3.05) is 6.61 Å². The van der Waals surface area contributed by atoms with E-state index < -0.39 is 12.1 Å². The maximum atomic E-state index is 12.4. The smallest absolute Gasteiger partial charge is 0.220 e. The molecule has 0 heterocycles. The first-order valence-corrected chi connectivity index (χ1v) is 24.2. The van der Waals surface area contributed by atoms with E-state index in [1.165, 1.54) is 205 Å². The third kappa shape index (κ3) is 41.8. The number of aliphatic hydroxyl groups is 2. The molecule has 0 aliphatic heterocycles. The molecule has 0 aliphatic rings. The van der Waals surface area contributed by atoms with Gasteiger partial charge in [0.25, 0.3) is 0 Å². The predicted octanol–water partition coefficient (Wildman–Crippen LogP) is 15.4. The molecule has 0 rings (SSSR count). The lowest BCUT2D eigenvalue weighted by Crippen LogP contribution is -2.45. The molecule has 0 aromatic rings. The Morgan fingerprint density at radius 1 is 0.426 bits per heavy atom. The van der Waals surface area contributed by atoms with Crippen molar-refractivity contribution in [1.29, 1.82) is 0 Å². The van der Waals surface area contributed by atoms with Crippen LogP contribution in [0.5, 0.6) is 0 Å². The third-order valence-corrected chi connectivity index (χ3v) is 11.1. The maximum absolute atomic E-state index is 12.4. The zero-order valence-corrected chi connectivity index (χ0v) is 36.5. The van der Waals surface area contributed by atoms with E-state index in [4.69, 9.17) is 0 Å². The Morgan fingerprint density at radius 3 is 1.07 bits per heavy atom. The zero-order chi connectivity index (χ0) is 39.3. The molecule has 0 aromatic heterocycles. The van der Waals surface area contributed by atoms with Crippen LogP contribution >= 0.6 is 0 Å². The Morgan fingerprint density at radius 2 is 0.722 bits per heavy atom. The molecule has 0 fully saturated rings. The first-order valence-electron chi connectivity index (χ1n) is 24.2. The van der Waals surface area contributed by atoms with Gasteiger partial charge in [0, 0.05) is 6.42 Å². The topological polar surface area (TPSA) is 69.6 Å². The molecular formula is C50H95NO3. The van der Waals surface area contributed by atoms with Gasteiger partial charge in [0.1, 0.15) is 0 Å². The highest BCUT2D eigenvalue weighted by atomic mass is 16.3. The number of allylic oxidation sites excluding steroid dienone is 5. The van der Waals surface area contributed by atoms with Crippen molar-refractivity contribution in [1.82, 2.24) is 5.32 Å². The van der Waals surface area contributed by atoms with Gasteiger partial charge in [-0.25, -0.2) is 0 Å². The van der Waals surface area contributed by atoms with Crippen molar-refractivity contribution in [2.45, 2.75) is 270 Å². The summed E-state index contributed by atoms with van der Waals surface area (Å²) in [5.41, 5.74) is 0. The van der Waals surface area contributed by atoms with Gasteiger partial charge >= 0.3 is 0 Å². The summed E-state index contributed by atoms with van der Waals surface area (Å²) in [5.74, 6) is -0.0749. The first kappa shape index (κ1) is 52.6. The molecule has 1 amide bonds. The summed E-state index contributed by atoms with van der Waals surface area (Å²) in [6, 6.07) is -0.640. The lowest BCUT2D eigenvalue weighted by molar-refractivity contribution is -0.123. The second kappa shape index (κ2) is 46.0. The van der Waals surface area contributed by atoms with Crippen molar-refractivity contribution in [3.63, 3.8) is 0 Å². The maximum Gasteiger partial charge on any atom is 0.220 e. The fourth-order valence-electron chi connectivity index (χ4n) is 7.37. The minimum Gasteiger partial charge on any atom is -0.394 e. The van der Waals surface area contributed by atoms with Gasteiger partial charge in [-0.3, -0.25) is 4.79 Å².